The highest BCUT2D eigenvalue weighted by atomic mass is 127. The summed E-state index contributed by atoms with van der Waals surface area (Å²) in [6.45, 7) is 3.68. The second kappa shape index (κ2) is 6.31. The molecule has 0 saturated heterocycles. The van der Waals surface area contributed by atoms with Gasteiger partial charge in [-0.1, -0.05) is 0 Å². The van der Waals surface area contributed by atoms with E-state index in [1.54, 1.807) is 20.9 Å². The van der Waals surface area contributed by atoms with Gasteiger partial charge in [0.15, 0.2) is 0 Å². The molecule has 19 heavy (non-hydrogen) atoms. The van der Waals surface area contributed by atoms with Crippen molar-refractivity contribution in [3.05, 3.63) is 33.1 Å². The lowest BCUT2D eigenvalue weighted by Gasteiger charge is -2.22. The van der Waals surface area contributed by atoms with Gasteiger partial charge in [0.1, 0.15) is 5.82 Å². The molecule has 0 aliphatic rings. The zero-order valence-corrected chi connectivity index (χ0v) is 13.2. The average Bonchev–Trinajstić information content (AvgIpc) is 2.35. The van der Waals surface area contributed by atoms with Crippen molar-refractivity contribution >= 4 is 34.4 Å². The molecular formula is C13H16FIN2O2. The Labute approximate surface area is 125 Å². The van der Waals surface area contributed by atoms with Crippen LogP contribution in [0.3, 0.4) is 0 Å². The number of benzene rings is 1. The predicted octanol–water partition coefficient (Wildman–Crippen LogP) is 1.93. The highest BCUT2D eigenvalue weighted by molar-refractivity contribution is 14.1. The molecule has 0 radical (unpaired) electrons. The second-order valence-electron chi connectivity index (χ2n) is 4.77. The minimum Gasteiger partial charge on any atom is -0.359 e. The highest BCUT2D eigenvalue weighted by Gasteiger charge is 2.27. The van der Waals surface area contributed by atoms with Crippen molar-refractivity contribution in [2.75, 3.05) is 13.6 Å². The van der Waals surface area contributed by atoms with Crippen LogP contribution in [0.1, 0.15) is 24.2 Å². The molecule has 0 saturated carbocycles. The van der Waals surface area contributed by atoms with Gasteiger partial charge >= 0.3 is 0 Å². The number of halogens is 2. The molecule has 0 aromatic heterocycles. The molecule has 0 unspecified atom stereocenters. The topological polar surface area (TPSA) is 58.2 Å². The van der Waals surface area contributed by atoms with E-state index in [-0.39, 0.29) is 24.2 Å². The van der Waals surface area contributed by atoms with Crippen LogP contribution in [0.2, 0.25) is 0 Å². The molecule has 2 N–H and O–H groups in total. The van der Waals surface area contributed by atoms with Crippen molar-refractivity contribution < 1.29 is 14.0 Å². The Kier molecular flexibility index (Phi) is 5.28. The van der Waals surface area contributed by atoms with Gasteiger partial charge in [-0.2, -0.15) is 0 Å². The van der Waals surface area contributed by atoms with Crippen molar-refractivity contribution in [1.29, 1.82) is 0 Å². The van der Waals surface area contributed by atoms with Gasteiger partial charge in [-0.15, -0.1) is 0 Å². The molecule has 1 aromatic carbocycles. The van der Waals surface area contributed by atoms with Crippen LogP contribution in [-0.2, 0) is 4.79 Å². The molecule has 0 atom stereocenters. The summed E-state index contributed by atoms with van der Waals surface area (Å²) in [6, 6.07) is 3.96. The molecular weight excluding hydrogens is 362 g/mol. The fraction of sp³-hybridized carbons (Fsp3) is 0.385. The lowest BCUT2D eigenvalue weighted by atomic mass is 9.92. The van der Waals surface area contributed by atoms with Gasteiger partial charge in [-0.3, -0.25) is 9.59 Å². The summed E-state index contributed by atoms with van der Waals surface area (Å²) in [7, 11) is 1.55. The summed E-state index contributed by atoms with van der Waals surface area (Å²) in [5.41, 5.74) is -0.301. The van der Waals surface area contributed by atoms with Gasteiger partial charge in [-0.05, 0) is 54.6 Å². The van der Waals surface area contributed by atoms with Crippen molar-refractivity contribution in [2.24, 2.45) is 5.41 Å². The van der Waals surface area contributed by atoms with Crippen LogP contribution in [0.5, 0.6) is 0 Å². The van der Waals surface area contributed by atoms with Crippen LogP contribution in [0, 0.1) is 14.8 Å². The van der Waals surface area contributed by atoms with Gasteiger partial charge in [0, 0.05) is 17.2 Å². The number of nitrogens with one attached hydrogen (secondary N) is 2. The molecule has 1 aromatic rings. The van der Waals surface area contributed by atoms with E-state index in [1.165, 1.54) is 18.2 Å². The highest BCUT2D eigenvalue weighted by Crippen LogP contribution is 2.16. The monoisotopic (exact) mass is 378 g/mol. The van der Waals surface area contributed by atoms with E-state index in [0.29, 0.717) is 9.13 Å². The first-order valence-electron chi connectivity index (χ1n) is 5.73. The van der Waals surface area contributed by atoms with Gasteiger partial charge in [-0.25, -0.2) is 4.39 Å². The van der Waals surface area contributed by atoms with E-state index < -0.39 is 5.41 Å². The molecule has 4 nitrogen and oxygen atoms in total. The number of hydrogen-bond donors (Lipinski definition) is 2. The smallest absolute Gasteiger partial charge is 0.252 e. The average molecular weight is 378 g/mol. The molecule has 0 bridgehead atoms. The van der Waals surface area contributed by atoms with E-state index in [2.05, 4.69) is 10.6 Å². The molecule has 0 spiro atoms. The summed E-state index contributed by atoms with van der Waals surface area (Å²) in [6.07, 6.45) is 0. The largest absolute Gasteiger partial charge is 0.359 e. The van der Waals surface area contributed by atoms with E-state index in [1.807, 2.05) is 22.6 Å². The predicted molar refractivity (Wildman–Crippen MR) is 79.3 cm³/mol. The molecule has 104 valence electrons. The lowest BCUT2D eigenvalue weighted by molar-refractivity contribution is -0.128. The van der Waals surface area contributed by atoms with Gasteiger partial charge in [0.05, 0.1) is 11.0 Å². The molecule has 0 fully saturated rings. The van der Waals surface area contributed by atoms with Crippen molar-refractivity contribution in [3.8, 4) is 0 Å². The Bertz CT molecular complexity index is 503. The first kappa shape index (κ1) is 15.9. The minimum atomic E-state index is -0.699. The third kappa shape index (κ3) is 4.15. The fourth-order valence-electron chi connectivity index (χ4n) is 1.49. The summed E-state index contributed by atoms with van der Waals surface area (Å²) in [5.74, 6) is -0.852. The van der Waals surface area contributed by atoms with Crippen LogP contribution in [-0.4, -0.2) is 25.4 Å². The Balaban J connectivity index is 2.73. The van der Waals surface area contributed by atoms with Crippen LogP contribution >= 0.6 is 22.6 Å². The quantitative estimate of drug-likeness (QED) is 0.787. The van der Waals surface area contributed by atoms with Crippen LogP contribution in [0.25, 0.3) is 0 Å². The fourth-order valence-corrected chi connectivity index (χ4v) is 2.21. The first-order chi connectivity index (χ1) is 8.77. The molecule has 0 heterocycles. The number of rotatable bonds is 4. The Hall–Kier alpha value is -1.18. The van der Waals surface area contributed by atoms with Gasteiger partial charge < -0.3 is 10.6 Å². The zero-order chi connectivity index (χ0) is 14.6. The maximum absolute atomic E-state index is 12.9. The molecule has 0 aliphatic carbocycles. The summed E-state index contributed by atoms with van der Waals surface area (Å²) < 4.78 is 13.5. The van der Waals surface area contributed by atoms with Crippen molar-refractivity contribution in [2.45, 2.75) is 13.8 Å². The third-order valence-corrected chi connectivity index (χ3v) is 3.60. The number of hydrogen-bond acceptors (Lipinski definition) is 2. The standard InChI is InChI=1S/C13H16FIN2O2/c1-13(2,12(19)16-3)7-17-11(18)9-5-4-8(14)6-10(9)15/h4-6H,7H2,1-3H3,(H,16,19)(H,17,18). The SMILES string of the molecule is CNC(=O)C(C)(C)CNC(=O)c1ccc(F)cc1I. The minimum absolute atomic E-state index is 0.151. The number of amides is 2. The molecule has 6 heteroatoms. The van der Waals surface area contributed by atoms with Crippen molar-refractivity contribution in [3.63, 3.8) is 0 Å². The van der Waals surface area contributed by atoms with Gasteiger partial charge in [0.2, 0.25) is 5.91 Å². The summed E-state index contributed by atoms with van der Waals surface area (Å²) >= 11 is 1.90. The third-order valence-electron chi connectivity index (χ3n) is 2.71. The van der Waals surface area contributed by atoms with Crippen LogP contribution in [0.4, 0.5) is 4.39 Å². The Morgan fingerprint density at radius 3 is 2.53 bits per heavy atom. The van der Waals surface area contributed by atoms with Crippen LogP contribution < -0.4 is 10.6 Å². The maximum Gasteiger partial charge on any atom is 0.252 e. The Morgan fingerprint density at radius 2 is 2.00 bits per heavy atom. The number of carbonyl (C=O) groups is 2. The lowest BCUT2D eigenvalue weighted by Crippen LogP contribution is -2.43. The normalized spacial score (nSPS) is 11.0. The zero-order valence-electron chi connectivity index (χ0n) is 11.0. The molecule has 1 rings (SSSR count). The molecule has 2 amide bonds. The Morgan fingerprint density at radius 1 is 1.37 bits per heavy atom. The van der Waals surface area contributed by atoms with E-state index in [4.69, 9.17) is 0 Å². The van der Waals surface area contributed by atoms with E-state index in [9.17, 15) is 14.0 Å². The van der Waals surface area contributed by atoms with Crippen LogP contribution in [0.15, 0.2) is 18.2 Å². The first-order valence-corrected chi connectivity index (χ1v) is 6.81. The number of carbonyl (C=O) groups excluding carboxylic acids is 2. The summed E-state index contributed by atoms with van der Waals surface area (Å²) in [5, 5.41) is 5.23. The van der Waals surface area contributed by atoms with E-state index >= 15 is 0 Å². The van der Waals surface area contributed by atoms with Crippen molar-refractivity contribution in [1.82, 2.24) is 10.6 Å². The second-order valence-corrected chi connectivity index (χ2v) is 5.93. The molecule has 0 aliphatic heterocycles. The summed E-state index contributed by atoms with van der Waals surface area (Å²) in [4.78, 5) is 23.5. The van der Waals surface area contributed by atoms with Gasteiger partial charge in [0.25, 0.3) is 5.91 Å². The van der Waals surface area contributed by atoms with E-state index in [0.717, 1.165) is 0 Å². The maximum atomic E-state index is 12.9.